The van der Waals surface area contributed by atoms with E-state index in [1.807, 2.05) is 0 Å². The summed E-state index contributed by atoms with van der Waals surface area (Å²) >= 11 is 0. The average Bonchev–Trinajstić information content (AvgIpc) is 3.74. The van der Waals surface area contributed by atoms with Crippen LogP contribution in [0.3, 0.4) is 0 Å². The molecule has 2 aliphatic rings. The highest BCUT2D eigenvalue weighted by Gasteiger charge is 2.53. The highest BCUT2D eigenvalue weighted by molar-refractivity contribution is 7.26. The summed E-state index contributed by atoms with van der Waals surface area (Å²) in [6.07, 6.45) is 0. The predicted molar refractivity (Wildman–Crippen MR) is 312 cm³/mol. The minimum absolute atomic E-state index is 0.00773. The predicted octanol–water partition coefficient (Wildman–Crippen LogP) is 12.7. The third kappa shape index (κ3) is 6.69. The van der Waals surface area contributed by atoms with E-state index in [2.05, 4.69) is 288 Å². The lowest BCUT2D eigenvalue weighted by atomic mass is 9.35. The van der Waals surface area contributed by atoms with Crippen LogP contribution in [0.4, 0.5) is 17.1 Å². The largest absolute Gasteiger partial charge is 0.310 e. The zero-order chi connectivity index (χ0) is 48.9. The first kappa shape index (κ1) is 44.1. The summed E-state index contributed by atoms with van der Waals surface area (Å²) in [5.74, 6) is 0. The Bertz CT molecular complexity index is 3710. The molecule has 0 saturated carbocycles. The van der Waals surface area contributed by atoms with Crippen molar-refractivity contribution in [1.29, 1.82) is 0 Å². The first-order valence-electron chi connectivity index (χ1n) is 25.6. The van der Waals surface area contributed by atoms with E-state index < -0.39 is 8.07 Å². The lowest BCUT2D eigenvalue weighted by Crippen LogP contribution is -2.87. The van der Waals surface area contributed by atoms with Crippen molar-refractivity contribution in [2.75, 3.05) is 4.90 Å². The quantitative estimate of drug-likeness (QED) is 0.151. The Morgan fingerprint density at radius 3 is 1.39 bits per heavy atom. The standard InChI is InChI=1S/C68H57BN2Si/c1-67(2,3)48-38-40-59-55(42-48)56-43-49(68(4,5)6)39-41-60(56)70(59)50-44-62-65-64(45-50)72(51-28-15-9-16-29-51,52-30-17-10-18-31-52)63-37-22-20-35-58(63)69(65)57-34-19-21-36-61(57)71(62)66-53(46-24-11-7-12-25-46)32-23-33-54(66)47-26-13-8-14-27-47/h7-45H,1-6H3. The Morgan fingerprint density at radius 2 is 0.861 bits per heavy atom. The molecule has 10 aromatic carbocycles. The molecule has 0 N–H and O–H groups in total. The molecule has 13 rings (SSSR count). The zero-order valence-electron chi connectivity index (χ0n) is 42.0. The van der Waals surface area contributed by atoms with Gasteiger partial charge in [0, 0.05) is 39.0 Å². The number of para-hydroxylation sites is 2. The molecule has 2 aliphatic heterocycles. The van der Waals surface area contributed by atoms with Gasteiger partial charge in [-0.15, -0.1) is 0 Å². The Kier molecular flexibility index (Phi) is 10.1. The van der Waals surface area contributed by atoms with Crippen molar-refractivity contribution < 1.29 is 0 Å². The zero-order valence-corrected chi connectivity index (χ0v) is 43.0. The number of fused-ring (bicyclic) bond motifs is 7. The Balaban J connectivity index is 1.25. The minimum atomic E-state index is -3.13. The summed E-state index contributed by atoms with van der Waals surface area (Å²) in [7, 11) is -3.13. The monoisotopic (exact) mass is 940 g/mol. The topological polar surface area (TPSA) is 8.17 Å². The molecular weight excluding hydrogens is 884 g/mol. The molecule has 0 fully saturated rings. The Labute approximate surface area is 426 Å². The van der Waals surface area contributed by atoms with E-state index in [1.54, 1.807) is 0 Å². The molecule has 0 unspecified atom stereocenters. The van der Waals surface area contributed by atoms with E-state index in [0.29, 0.717) is 0 Å². The molecule has 0 atom stereocenters. The van der Waals surface area contributed by atoms with Crippen molar-refractivity contribution in [3.63, 3.8) is 0 Å². The second kappa shape index (κ2) is 16.6. The molecule has 3 heterocycles. The van der Waals surface area contributed by atoms with Gasteiger partial charge in [-0.1, -0.05) is 241 Å². The van der Waals surface area contributed by atoms with Gasteiger partial charge in [0.2, 0.25) is 6.71 Å². The SMILES string of the molecule is CC(C)(C)c1ccc2c(c1)c1cc(C(C)(C)C)ccc1n2-c1cc2c3c(c1)[Si](c1ccccc1)(c1ccccc1)c1ccccc1B3c1ccccc1N2c1c(-c2ccccc2)cccc1-c1ccccc1. The van der Waals surface area contributed by atoms with Crippen LogP contribution in [-0.2, 0) is 10.8 Å². The van der Waals surface area contributed by atoms with Gasteiger partial charge in [-0.25, -0.2) is 0 Å². The second-order valence-corrected chi connectivity index (χ2v) is 25.8. The number of anilines is 3. The van der Waals surface area contributed by atoms with E-state index in [4.69, 9.17) is 0 Å². The van der Waals surface area contributed by atoms with Crippen LogP contribution in [0.1, 0.15) is 52.7 Å². The van der Waals surface area contributed by atoms with Crippen molar-refractivity contribution in [2.24, 2.45) is 0 Å². The normalized spacial score (nSPS) is 13.8. The van der Waals surface area contributed by atoms with Crippen molar-refractivity contribution in [1.82, 2.24) is 4.57 Å². The maximum Gasteiger partial charge on any atom is 0.246 e. The maximum absolute atomic E-state index is 3.13. The summed E-state index contributed by atoms with van der Waals surface area (Å²) in [5, 5.41) is 8.22. The first-order valence-corrected chi connectivity index (χ1v) is 27.6. The van der Waals surface area contributed by atoms with Crippen molar-refractivity contribution in [2.45, 2.75) is 52.4 Å². The fourth-order valence-corrected chi connectivity index (χ4v) is 17.8. The number of hydrogen-bond acceptors (Lipinski definition) is 1. The lowest BCUT2D eigenvalue weighted by Gasteiger charge is -2.48. The summed E-state index contributed by atoms with van der Waals surface area (Å²) in [6, 6.07) is 90.5. The fourth-order valence-electron chi connectivity index (χ4n) is 12.5. The van der Waals surface area contributed by atoms with Crippen molar-refractivity contribution in [3.05, 3.63) is 248 Å². The van der Waals surface area contributed by atoms with Crippen LogP contribution in [0.15, 0.2) is 237 Å². The van der Waals surface area contributed by atoms with Gasteiger partial charge in [0.25, 0.3) is 0 Å². The molecule has 0 radical (unpaired) electrons. The van der Waals surface area contributed by atoms with Gasteiger partial charge in [-0.3, -0.25) is 0 Å². The molecule has 0 aliphatic carbocycles. The molecular formula is C68H57BN2Si. The van der Waals surface area contributed by atoms with Gasteiger partial charge in [-0.05, 0) is 107 Å². The maximum atomic E-state index is 2.67. The van der Waals surface area contributed by atoms with E-state index in [9.17, 15) is 0 Å². The highest BCUT2D eigenvalue weighted by Crippen LogP contribution is 2.48. The molecule has 2 nitrogen and oxygen atoms in total. The molecule has 0 amide bonds. The van der Waals surface area contributed by atoms with E-state index >= 15 is 0 Å². The minimum Gasteiger partial charge on any atom is -0.310 e. The average molecular weight is 941 g/mol. The molecule has 72 heavy (non-hydrogen) atoms. The number of benzene rings is 10. The molecule has 0 bridgehead atoms. The van der Waals surface area contributed by atoms with Gasteiger partial charge in [-0.2, -0.15) is 0 Å². The molecule has 1 aromatic heterocycles. The summed E-state index contributed by atoms with van der Waals surface area (Å²) < 4.78 is 2.60. The number of aromatic nitrogens is 1. The van der Waals surface area contributed by atoms with Crippen LogP contribution >= 0.6 is 0 Å². The van der Waals surface area contributed by atoms with Crippen LogP contribution in [0.25, 0.3) is 49.7 Å². The Morgan fingerprint density at radius 1 is 0.389 bits per heavy atom. The van der Waals surface area contributed by atoms with Crippen molar-refractivity contribution >= 4 is 90.8 Å². The van der Waals surface area contributed by atoms with Gasteiger partial charge in [0.1, 0.15) is 0 Å². The van der Waals surface area contributed by atoms with Crippen molar-refractivity contribution in [3.8, 4) is 27.9 Å². The number of nitrogens with zero attached hydrogens (tertiary/aromatic N) is 2. The molecule has 0 spiro atoms. The number of hydrogen-bond donors (Lipinski definition) is 0. The lowest BCUT2D eigenvalue weighted by molar-refractivity contribution is 0.590. The molecule has 11 aromatic rings. The van der Waals surface area contributed by atoms with Crippen LogP contribution in [0, 0.1) is 0 Å². The third-order valence-corrected chi connectivity index (χ3v) is 20.7. The molecule has 4 heteroatoms. The summed E-state index contributed by atoms with van der Waals surface area (Å²) in [5.41, 5.74) is 18.7. The van der Waals surface area contributed by atoms with Crippen LogP contribution < -0.4 is 42.0 Å². The fraction of sp³-hybridized carbons (Fsp3) is 0.118. The van der Waals surface area contributed by atoms with E-state index in [0.717, 1.165) is 0 Å². The number of rotatable bonds is 6. The van der Waals surface area contributed by atoms with Crippen LogP contribution in [0.5, 0.6) is 0 Å². The smallest absolute Gasteiger partial charge is 0.246 e. The third-order valence-electron chi connectivity index (χ3n) is 15.8. The van der Waals surface area contributed by atoms with Gasteiger partial charge < -0.3 is 9.47 Å². The van der Waals surface area contributed by atoms with Crippen LogP contribution in [0.2, 0.25) is 0 Å². The summed E-state index contributed by atoms with van der Waals surface area (Å²) in [6.45, 7) is 14.0. The second-order valence-electron chi connectivity index (χ2n) is 22.1. The molecule has 0 saturated heterocycles. The van der Waals surface area contributed by atoms with Crippen LogP contribution in [-0.4, -0.2) is 19.4 Å². The van der Waals surface area contributed by atoms with E-state index in [1.165, 1.54) is 115 Å². The van der Waals surface area contributed by atoms with Gasteiger partial charge in [0.15, 0.2) is 8.07 Å². The highest BCUT2D eigenvalue weighted by atomic mass is 28.3. The first-order chi connectivity index (χ1) is 35.0. The molecule has 346 valence electrons. The Hall–Kier alpha value is -7.92. The van der Waals surface area contributed by atoms with E-state index in [-0.39, 0.29) is 17.5 Å². The van der Waals surface area contributed by atoms with Gasteiger partial charge in [0.05, 0.1) is 16.7 Å². The van der Waals surface area contributed by atoms with Gasteiger partial charge >= 0.3 is 0 Å². The summed E-state index contributed by atoms with van der Waals surface area (Å²) in [4.78, 5) is 2.67.